The van der Waals surface area contributed by atoms with Gasteiger partial charge in [-0.2, -0.15) is 5.10 Å². The minimum atomic E-state index is -0.188. The van der Waals surface area contributed by atoms with E-state index >= 15 is 0 Å². The summed E-state index contributed by atoms with van der Waals surface area (Å²) in [6.07, 6.45) is 1.55. The Kier molecular flexibility index (Phi) is 3.97. The monoisotopic (exact) mass is 310 g/mol. The zero-order valence-electron chi connectivity index (χ0n) is 13.3. The molecular formula is C17H18N4O2. The van der Waals surface area contributed by atoms with Crippen molar-refractivity contribution in [2.45, 2.75) is 27.3 Å². The van der Waals surface area contributed by atoms with Crippen molar-refractivity contribution in [2.24, 2.45) is 0 Å². The Hall–Kier alpha value is -2.89. The fraction of sp³-hybridized carbons (Fsp3) is 0.235. The van der Waals surface area contributed by atoms with Gasteiger partial charge in [0.2, 0.25) is 0 Å². The molecule has 3 heterocycles. The number of pyridine rings is 1. The second-order valence-electron chi connectivity index (χ2n) is 5.44. The van der Waals surface area contributed by atoms with Crippen LogP contribution in [0.1, 0.15) is 33.3 Å². The molecule has 3 aromatic heterocycles. The molecule has 3 rings (SSSR count). The van der Waals surface area contributed by atoms with Crippen molar-refractivity contribution < 1.29 is 9.21 Å². The summed E-state index contributed by atoms with van der Waals surface area (Å²) in [5, 5.41) is 7.18. The number of nitrogens with zero attached hydrogens (tertiary/aromatic N) is 3. The number of carbonyl (C=O) groups is 1. The van der Waals surface area contributed by atoms with Crippen LogP contribution in [-0.2, 0) is 6.54 Å². The van der Waals surface area contributed by atoms with Crippen LogP contribution in [0.25, 0.3) is 5.82 Å². The minimum Gasteiger partial charge on any atom is -0.465 e. The second kappa shape index (κ2) is 6.08. The summed E-state index contributed by atoms with van der Waals surface area (Å²) in [4.78, 5) is 16.4. The van der Waals surface area contributed by atoms with Crippen LogP contribution < -0.4 is 5.32 Å². The van der Waals surface area contributed by atoms with Gasteiger partial charge in [0.1, 0.15) is 11.5 Å². The minimum absolute atomic E-state index is 0.188. The first-order chi connectivity index (χ1) is 11.0. The van der Waals surface area contributed by atoms with E-state index in [-0.39, 0.29) is 5.91 Å². The van der Waals surface area contributed by atoms with E-state index in [1.54, 1.807) is 23.0 Å². The molecule has 0 fully saturated rings. The van der Waals surface area contributed by atoms with Crippen molar-refractivity contribution in [1.82, 2.24) is 20.1 Å². The number of carbonyl (C=O) groups excluding carboxylic acids is 1. The lowest BCUT2D eigenvalue weighted by Gasteiger charge is -2.06. The fourth-order valence-electron chi connectivity index (χ4n) is 2.36. The Bertz CT molecular complexity index is 831. The van der Waals surface area contributed by atoms with Crippen LogP contribution in [0.4, 0.5) is 0 Å². The first-order valence-electron chi connectivity index (χ1n) is 7.36. The number of nitrogens with one attached hydrogen (secondary N) is 1. The van der Waals surface area contributed by atoms with E-state index in [0.29, 0.717) is 17.9 Å². The first-order valence-corrected chi connectivity index (χ1v) is 7.36. The lowest BCUT2D eigenvalue weighted by molar-refractivity contribution is 0.0947. The van der Waals surface area contributed by atoms with Gasteiger partial charge in [0.25, 0.3) is 5.91 Å². The third-order valence-electron chi connectivity index (χ3n) is 3.46. The summed E-state index contributed by atoms with van der Waals surface area (Å²) in [6.45, 7) is 6.12. The highest BCUT2D eigenvalue weighted by Gasteiger charge is 2.09. The molecule has 0 saturated heterocycles. The Morgan fingerprint density at radius 2 is 2.04 bits per heavy atom. The zero-order valence-corrected chi connectivity index (χ0v) is 13.3. The van der Waals surface area contributed by atoms with Gasteiger partial charge in [-0.1, -0.05) is 0 Å². The number of hydrogen-bond acceptors (Lipinski definition) is 4. The largest absolute Gasteiger partial charge is 0.465 e. The number of aryl methyl sites for hydroxylation is 3. The van der Waals surface area contributed by atoms with E-state index in [2.05, 4.69) is 15.4 Å². The second-order valence-corrected chi connectivity index (χ2v) is 5.44. The van der Waals surface area contributed by atoms with Crippen LogP contribution in [0.3, 0.4) is 0 Å². The van der Waals surface area contributed by atoms with E-state index in [1.165, 1.54) is 0 Å². The molecule has 0 saturated carbocycles. The van der Waals surface area contributed by atoms with E-state index < -0.39 is 0 Å². The highest BCUT2D eigenvalue weighted by molar-refractivity contribution is 5.93. The molecular weight excluding hydrogens is 292 g/mol. The molecule has 6 nitrogen and oxygen atoms in total. The molecule has 118 valence electrons. The maximum Gasteiger partial charge on any atom is 0.253 e. The Labute approximate surface area is 134 Å². The van der Waals surface area contributed by atoms with Gasteiger partial charge in [0.05, 0.1) is 17.8 Å². The van der Waals surface area contributed by atoms with Gasteiger partial charge in [-0.3, -0.25) is 4.79 Å². The third-order valence-corrected chi connectivity index (χ3v) is 3.46. The molecule has 0 spiro atoms. The quantitative estimate of drug-likeness (QED) is 0.804. The highest BCUT2D eigenvalue weighted by Crippen LogP contribution is 2.11. The smallest absolute Gasteiger partial charge is 0.253 e. The average molecular weight is 310 g/mol. The zero-order chi connectivity index (χ0) is 16.4. The fourth-order valence-corrected chi connectivity index (χ4v) is 2.36. The lowest BCUT2D eigenvalue weighted by Crippen LogP contribution is -2.22. The summed E-state index contributed by atoms with van der Waals surface area (Å²) in [7, 11) is 0. The standard InChI is InChI=1S/C17H18N4O2/c1-11-8-12(2)21(20-11)16-7-5-14(9-18-16)17(22)19-10-15-6-4-13(3)23-15/h4-9H,10H2,1-3H3,(H,19,22). The van der Waals surface area contributed by atoms with E-state index in [1.807, 2.05) is 39.0 Å². The Morgan fingerprint density at radius 3 is 2.61 bits per heavy atom. The summed E-state index contributed by atoms with van der Waals surface area (Å²) < 4.78 is 7.17. The van der Waals surface area contributed by atoms with Crippen LogP contribution in [0.5, 0.6) is 0 Å². The van der Waals surface area contributed by atoms with E-state index in [9.17, 15) is 4.79 Å². The molecule has 0 unspecified atom stereocenters. The Morgan fingerprint density at radius 1 is 1.22 bits per heavy atom. The maximum absolute atomic E-state index is 12.1. The number of furan rings is 1. The molecule has 23 heavy (non-hydrogen) atoms. The van der Waals surface area contributed by atoms with Gasteiger partial charge >= 0.3 is 0 Å². The van der Waals surface area contributed by atoms with Gasteiger partial charge in [0.15, 0.2) is 5.82 Å². The maximum atomic E-state index is 12.1. The number of aromatic nitrogens is 3. The molecule has 0 atom stereocenters. The molecule has 0 aliphatic heterocycles. The summed E-state index contributed by atoms with van der Waals surface area (Å²) >= 11 is 0. The van der Waals surface area contributed by atoms with Crippen LogP contribution >= 0.6 is 0 Å². The predicted octanol–water partition coefficient (Wildman–Crippen LogP) is 2.72. The van der Waals surface area contributed by atoms with Crippen LogP contribution in [-0.4, -0.2) is 20.7 Å². The first kappa shape index (κ1) is 15.0. The highest BCUT2D eigenvalue weighted by atomic mass is 16.3. The topological polar surface area (TPSA) is 73.0 Å². The van der Waals surface area contributed by atoms with Crippen molar-refractivity contribution in [2.75, 3.05) is 0 Å². The number of hydrogen-bond donors (Lipinski definition) is 1. The third kappa shape index (κ3) is 3.31. The molecule has 3 aromatic rings. The van der Waals surface area contributed by atoms with Crippen molar-refractivity contribution >= 4 is 5.91 Å². The van der Waals surface area contributed by atoms with Crippen molar-refractivity contribution in [1.29, 1.82) is 0 Å². The van der Waals surface area contributed by atoms with E-state index in [0.717, 1.165) is 22.9 Å². The summed E-state index contributed by atoms with van der Waals surface area (Å²) in [5.74, 6) is 2.05. The summed E-state index contributed by atoms with van der Waals surface area (Å²) in [6, 6.07) is 9.21. The summed E-state index contributed by atoms with van der Waals surface area (Å²) in [5.41, 5.74) is 2.43. The normalized spacial score (nSPS) is 10.7. The van der Waals surface area contributed by atoms with Gasteiger partial charge < -0.3 is 9.73 Å². The van der Waals surface area contributed by atoms with Crippen molar-refractivity contribution in [3.8, 4) is 5.82 Å². The average Bonchev–Trinajstić information content (AvgIpc) is 3.10. The van der Waals surface area contributed by atoms with Crippen LogP contribution in [0.15, 0.2) is 40.9 Å². The van der Waals surface area contributed by atoms with Crippen LogP contribution in [0.2, 0.25) is 0 Å². The molecule has 0 aliphatic carbocycles. The molecule has 0 radical (unpaired) electrons. The lowest BCUT2D eigenvalue weighted by atomic mass is 10.2. The van der Waals surface area contributed by atoms with Gasteiger partial charge in [0, 0.05) is 11.9 Å². The SMILES string of the molecule is Cc1cc(C)n(-c2ccc(C(=O)NCc3ccc(C)o3)cn2)n1. The van der Waals surface area contributed by atoms with Crippen molar-refractivity contribution in [3.05, 3.63) is 65.0 Å². The number of amides is 1. The molecule has 6 heteroatoms. The predicted molar refractivity (Wildman–Crippen MR) is 85.4 cm³/mol. The van der Waals surface area contributed by atoms with Crippen molar-refractivity contribution in [3.63, 3.8) is 0 Å². The van der Waals surface area contributed by atoms with E-state index in [4.69, 9.17) is 4.42 Å². The Balaban J connectivity index is 1.69. The molecule has 0 aliphatic rings. The number of rotatable bonds is 4. The molecule has 0 aromatic carbocycles. The van der Waals surface area contributed by atoms with Crippen LogP contribution in [0, 0.1) is 20.8 Å². The van der Waals surface area contributed by atoms with Gasteiger partial charge in [-0.15, -0.1) is 0 Å². The molecule has 1 N–H and O–H groups in total. The van der Waals surface area contributed by atoms with Gasteiger partial charge in [-0.25, -0.2) is 9.67 Å². The molecule has 0 bridgehead atoms. The molecule has 1 amide bonds. The van der Waals surface area contributed by atoms with Gasteiger partial charge in [-0.05, 0) is 51.1 Å².